The van der Waals surface area contributed by atoms with E-state index in [-0.39, 0.29) is 0 Å². The van der Waals surface area contributed by atoms with Gasteiger partial charge in [0.15, 0.2) is 0 Å². The van der Waals surface area contributed by atoms with Gasteiger partial charge in [-0.25, -0.2) is 0 Å². The molecule has 0 bridgehead atoms. The van der Waals surface area contributed by atoms with Gasteiger partial charge in [-0.15, -0.1) is 0 Å². The van der Waals surface area contributed by atoms with Gasteiger partial charge in [0.05, 0.1) is 0 Å². The van der Waals surface area contributed by atoms with Gasteiger partial charge in [-0.05, 0) is 49.7 Å². The summed E-state index contributed by atoms with van der Waals surface area (Å²) in [6, 6.07) is 0.523. The number of piperidine rings is 1. The minimum Gasteiger partial charge on any atom is -0.344 e. The van der Waals surface area contributed by atoms with E-state index in [1.807, 2.05) is 23.7 Å². The van der Waals surface area contributed by atoms with E-state index in [2.05, 4.69) is 5.32 Å². The number of nitrogens with zero attached hydrogens (tertiary/aromatic N) is 1. The van der Waals surface area contributed by atoms with Crippen molar-refractivity contribution in [1.82, 2.24) is 10.2 Å². The highest BCUT2D eigenvalue weighted by Gasteiger charge is 2.21. The maximum Gasteiger partial charge on any atom is 0.222 e. The Bertz CT molecular complexity index is 261. The van der Waals surface area contributed by atoms with Crippen molar-refractivity contribution in [3.63, 3.8) is 0 Å². The zero-order chi connectivity index (χ0) is 12.8. The normalized spacial score (nSPS) is 25.9. The second kappa shape index (κ2) is 7.39. The summed E-state index contributed by atoms with van der Waals surface area (Å²) >= 11 is 2.03. The number of rotatable bonds is 4. The molecule has 3 nitrogen and oxygen atoms in total. The van der Waals surface area contributed by atoms with Crippen LogP contribution < -0.4 is 5.32 Å². The molecule has 2 aliphatic heterocycles. The quantitative estimate of drug-likeness (QED) is 0.849. The molecule has 2 fully saturated rings. The monoisotopic (exact) mass is 270 g/mol. The molecule has 0 aromatic carbocycles. The van der Waals surface area contributed by atoms with Crippen LogP contribution in [0.5, 0.6) is 0 Å². The molecular weight excluding hydrogens is 244 g/mol. The van der Waals surface area contributed by atoms with Crippen LogP contribution in [0, 0.1) is 5.92 Å². The van der Waals surface area contributed by atoms with Crippen molar-refractivity contribution >= 4 is 17.7 Å². The van der Waals surface area contributed by atoms with Crippen molar-refractivity contribution in [2.24, 2.45) is 5.92 Å². The van der Waals surface area contributed by atoms with Crippen LogP contribution in [0.4, 0.5) is 0 Å². The summed E-state index contributed by atoms with van der Waals surface area (Å²) in [5.41, 5.74) is 0. The second-order valence-electron chi connectivity index (χ2n) is 5.68. The Hall–Kier alpha value is -0.220. The van der Waals surface area contributed by atoms with Gasteiger partial charge in [-0.1, -0.05) is 6.42 Å². The maximum atomic E-state index is 12.2. The van der Waals surface area contributed by atoms with Gasteiger partial charge in [0, 0.05) is 26.1 Å². The lowest BCUT2D eigenvalue weighted by molar-refractivity contribution is -0.131. The summed E-state index contributed by atoms with van der Waals surface area (Å²) in [6.07, 6.45) is 7.03. The van der Waals surface area contributed by atoms with Crippen LogP contribution in [-0.2, 0) is 4.79 Å². The first-order chi connectivity index (χ1) is 8.75. The minimum atomic E-state index is 0.347. The smallest absolute Gasteiger partial charge is 0.222 e. The molecule has 2 aliphatic rings. The van der Waals surface area contributed by atoms with E-state index in [1.165, 1.54) is 43.6 Å². The summed E-state index contributed by atoms with van der Waals surface area (Å²) in [7, 11) is 1.97. The molecule has 0 saturated carbocycles. The van der Waals surface area contributed by atoms with Gasteiger partial charge in [0.25, 0.3) is 0 Å². The van der Waals surface area contributed by atoms with Crippen molar-refractivity contribution < 1.29 is 4.79 Å². The number of nitrogens with one attached hydrogen (secondary N) is 1. The molecular formula is C14H26N2OS. The van der Waals surface area contributed by atoms with Gasteiger partial charge in [0.1, 0.15) is 0 Å². The molecule has 1 N–H and O–H groups in total. The number of carbonyl (C=O) groups is 1. The molecule has 1 amide bonds. The predicted octanol–water partition coefficient (Wildman–Crippen LogP) is 2.12. The number of carbonyl (C=O) groups excluding carboxylic acids is 1. The SMILES string of the molecule is CN(CC1CCCCN1)C(=O)CC1CCSCC1. The van der Waals surface area contributed by atoms with E-state index in [9.17, 15) is 4.79 Å². The molecule has 4 heteroatoms. The van der Waals surface area contributed by atoms with E-state index in [4.69, 9.17) is 0 Å². The highest BCUT2D eigenvalue weighted by molar-refractivity contribution is 7.99. The third-order valence-electron chi connectivity index (χ3n) is 4.14. The molecule has 0 aliphatic carbocycles. The summed E-state index contributed by atoms with van der Waals surface area (Å²) in [5, 5.41) is 3.51. The highest BCUT2D eigenvalue weighted by Crippen LogP contribution is 2.25. The minimum absolute atomic E-state index is 0.347. The maximum absolute atomic E-state index is 12.2. The lowest BCUT2D eigenvalue weighted by atomic mass is 9.98. The Morgan fingerprint density at radius 2 is 2.06 bits per heavy atom. The Labute approximate surface area is 115 Å². The molecule has 1 atom stereocenters. The topological polar surface area (TPSA) is 32.3 Å². The Kier molecular flexibility index (Phi) is 5.83. The summed E-state index contributed by atoms with van der Waals surface area (Å²) in [5.74, 6) is 3.47. The average molecular weight is 270 g/mol. The molecule has 2 heterocycles. The fourth-order valence-corrected chi connectivity index (χ4v) is 4.07. The van der Waals surface area contributed by atoms with E-state index < -0.39 is 0 Å². The molecule has 2 rings (SSSR count). The van der Waals surface area contributed by atoms with Crippen LogP contribution in [0.25, 0.3) is 0 Å². The Morgan fingerprint density at radius 3 is 2.72 bits per heavy atom. The predicted molar refractivity (Wildman–Crippen MR) is 77.9 cm³/mol. The van der Waals surface area contributed by atoms with Crippen LogP contribution in [0.3, 0.4) is 0 Å². The number of thioether (sulfide) groups is 1. The first kappa shape index (κ1) is 14.2. The first-order valence-electron chi connectivity index (χ1n) is 7.31. The molecule has 1 unspecified atom stereocenters. The number of amides is 1. The van der Waals surface area contributed by atoms with Gasteiger partial charge < -0.3 is 10.2 Å². The van der Waals surface area contributed by atoms with Crippen LogP contribution in [0.2, 0.25) is 0 Å². The van der Waals surface area contributed by atoms with Crippen molar-refractivity contribution in [1.29, 1.82) is 0 Å². The van der Waals surface area contributed by atoms with Crippen molar-refractivity contribution in [3.05, 3.63) is 0 Å². The van der Waals surface area contributed by atoms with E-state index in [0.717, 1.165) is 19.5 Å². The molecule has 2 saturated heterocycles. The lowest BCUT2D eigenvalue weighted by Gasteiger charge is -2.29. The van der Waals surface area contributed by atoms with E-state index >= 15 is 0 Å². The fraction of sp³-hybridized carbons (Fsp3) is 0.929. The van der Waals surface area contributed by atoms with E-state index in [0.29, 0.717) is 17.9 Å². The zero-order valence-electron chi connectivity index (χ0n) is 11.5. The van der Waals surface area contributed by atoms with Gasteiger partial charge in [-0.3, -0.25) is 4.79 Å². The average Bonchev–Trinajstić information content (AvgIpc) is 2.41. The molecule has 0 aromatic rings. The Morgan fingerprint density at radius 1 is 1.28 bits per heavy atom. The second-order valence-corrected chi connectivity index (χ2v) is 6.91. The first-order valence-corrected chi connectivity index (χ1v) is 8.46. The van der Waals surface area contributed by atoms with Crippen LogP contribution in [0.1, 0.15) is 38.5 Å². The third kappa shape index (κ3) is 4.47. The zero-order valence-corrected chi connectivity index (χ0v) is 12.3. The molecule has 0 radical (unpaired) electrons. The van der Waals surface area contributed by atoms with E-state index in [1.54, 1.807) is 0 Å². The summed E-state index contributed by atoms with van der Waals surface area (Å²) in [4.78, 5) is 14.1. The van der Waals surface area contributed by atoms with Gasteiger partial charge in [-0.2, -0.15) is 11.8 Å². The highest BCUT2D eigenvalue weighted by atomic mass is 32.2. The molecule has 104 valence electrons. The van der Waals surface area contributed by atoms with Crippen molar-refractivity contribution in [2.75, 3.05) is 31.6 Å². The molecule has 0 aromatic heterocycles. The van der Waals surface area contributed by atoms with Crippen LogP contribution in [0.15, 0.2) is 0 Å². The number of likely N-dealkylation sites (N-methyl/N-ethyl adjacent to an activating group) is 1. The molecule has 0 spiro atoms. The lowest BCUT2D eigenvalue weighted by Crippen LogP contribution is -2.44. The summed E-state index contributed by atoms with van der Waals surface area (Å²) < 4.78 is 0. The standard InChI is InChI=1S/C14H26N2OS/c1-16(11-13-4-2-3-7-15-13)14(17)10-12-5-8-18-9-6-12/h12-13,15H,2-11H2,1H3. The van der Waals surface area contributed by atoms with Crippen LogP contribution >= 0.6 is 11.8 Å². The number of hydrogen-bond acceptors (Lipinski definition) is 3. The Balaban J connectivity index is 1.69. The largest absolute Gasteiger partial charge is 0.344 e. The third-order valence-corrected chi connectivity index (χ3v) is 5.19. The van der Waals surface area contributed by atoms with Gasteiger partial charge in [0.2, 0.25) is 5.91 Å². The number of hydrogen-bond donors (Lipinski definition) is 1. The van der Waals surface area contributed by atoms with Crippen LogP contribution in [-0.4, -0.2) is 48.5 Å². The van der Waals surface area contributed by atoms with Crippen molar-refractivity contribution in [2.45, 2.75) is 44.6 Å². The van der Waals surface area contributed by atoms with Gasteiger partial charge >= 0.3 is 0 Å². The molecule has 18 heavy (non-hydrogen) atoms. The summed E-state index contributed by atoms with van der Waals surface area (Å²) in [6.45, 7) is 2.01. The van der Waals surface area contributed by atoms with Crippen molar-refractivity contribution in [3.8, 4) is 0 Å². The fourth-order valence-electron chi connectivity index (χ4n) is 2.87.